The van der Waals surface area contributed by atoms with Crippen molar-refractivity contribution in [2.24, 2.45) is 5.73 Å². The Morgan fingerprint density at radius 2 is 2.19 bits per heavy atom. The maximum absolute atomic E-state index is 12.2. The molecule has 0 saturated heterocycles. The molecule has 3 N–H and O–H groups in total. The van der Waals surface area contributed by atoms with Gasteiger partial charge in [-0.1, -0.05) is 32.6 Å². The van der Waals surface area contributed by atoms with E-state index in [4.69, 9.17) is 5.73 Å². The van der Waals surface area contributed by atoms with Gasteiger partial charge >= 0.3 is 0 Å². The Hall–Kier alpha value is -1.68. The summed E-state index contributed by atoms with van der Waals surface area (Å²) >= 11 is 2.79. The van der Waals surface area contributed by atoms with Gasteiger partial charge in [0.1, 0.15) is 0 Å². The standard InChI is InChI=1S/C15H17N3OS2/c1-15(2,3)12-9-20-14(17-12)18-13(19)11-7-6-10(21-11)5-4-8-16/h6-7,9H,8,16H2,1-3H3,(H,17,18,19). The predicted molar refractivity (Wildman–Crippen MR) is 89.0 cm³/mol. The van der Waals surface area contributed by atoms with Crippen LogP contribution in [0.25, 0.3) is 0 Å². The summed E-state index contributed by atoms with van der Waals surface area (Å²) in [5, 5.41) is 5.42. The number of thiophene rings is 1. The van der Waals surface area contributed by atoms with Gasteiger partial charge in [0.05, 0.1) is 22.0 Å². The second kappa shape index (κ2) is 6.39. The number of aromatic nitrogens is 1. The van der Waals surface area contributed by atoms with Crippen LogP contribution in [0, 0.1) is 11.8 Å². The minimum Gasteiger partial charge on any atom is -0.320 e. The van der Waals surface area contributed by atoms with E-state index in [1.807, 2.05) is 11.4 Å². The van der Waals surface area contributed by atoms with Crippen LogP contribution in [0.5, 0.6) is 0 Å². The van der Waals surface area contributed by atoms with Gasteiger partial charge in [0.2, 0.25) is 0 Å². The Balaban J connectivity index is 2.08. The Bertz CT molecular complexity index is 698. The lowest BCUT2D eigenvalue weighted by atomic mass is 9.93. The second-order valence-electron chi connectivity index (χ2n) is 5.41. The van der Waals surface area contributed by atoms with Crippen LogP contribution in [-0.2, 0) is 5.41 Å². The van der Waals surface area contributed by atoms with E-state index in [1.165, 1.54) is 22.7 Å². The lowest BCUT2D eigenvalue weighted by molar-refractivity contribution is 0.103. The topological polar surface area (TPSA) is 68.0 Å². The molecule has 6 heteroatoms. The first-order valence-electron chi connectivity index (χ1n) is 6.46. The highest BCUT2D eigenvalue weighted by molar-refractivity contribution is 7.15. The van der Waals surface area contributed by atoms with E-state index in [0.717, 1.165) is 10.6 Å². The van der Waals surface area contributed by atoms with Gasteiger partial charge in [-0.3, -0.25) is 10.1 Å². The molecule has 0 aromatic carbocycles. The molecular weight excluding hydrogens is 302 g/mol. The number of carbonyl (C=O) groups is 1. The van der Waals surface area contributed by atoms with Gasteiger partial charge in [0.25, 0.3) is 5.91 Å². The van der Waals surface area contributed by atoms with Gasteiger partial charge in [0, 0.05) is 10.8 Å². The highest BCUT2D eigenvalue weighted by Gasteiger charge is 2.18. The monoisotopic (exact) mass is 319 g/mol. The van der Waals surface area contributed by atoms with E-state index in [2.05, 4.69) is 42.9 Å². The van der Waals surface area contributed by atoms with Crippen molar-refractivity contribution in [3.05, 3.63) is 33.0 Å². The fourth-order valence-corrected chi connectivity index (χ4v) is 3.21. The van der Waals surface area contributed by atoms with Crippen molar-refractivity contribution < 1.29 is 4.79 Å². The molecule has 0 spiro atoms. The van der Waals surface area contributed by atoms with Gasteiger partial charge in [-0.2, -0.15) is 0 Å². The Morgan fingerprint density at radius 3 is 2.81 bits per heavy atom. The van der Waals surface area contributed by atoms with Crippen LogP contribution >= 0.6 is 22.7 Å². The molecule has 2 aromatic heterocycles. The summed E-state index contributed by atoms with van der Waals surface area (Å²) in [4.78, 5) is 18.1. The second-order valence-corrected chi connectivity index (χ2v) is 7.35. The van der Waals surface area contributed by atoms with Crippen LogP contribution < -0.4 is 11.1 Å². The quantitative estimate of drug-likeness (QED) is 0.836. The number of nitrogens with two attached hydrogens (primary N) is 1. The van der Waals surface area contributed by atoms with Gasteiger partial charge in [-0.25, -0.2) is 4.98 Å². The molecule has 21 heavy (non-hydrogen) atoms. The molecule has 2 heterocycles. The first-order valence-corrected chi connectivity index (χ1v) is 8.16. The largest absolute Gasteiger partial charge is 0.320 e. The van der Waals surface area contributed by atoms with Crippen molar-refractivity contribution in [3.63, 3.8) is 0 Å². The van der Waals surface area contributed by atoms with Crippen LogP contribution in [0.1, 0.15) is 41.0 Å². The molecule has 0 fully saturated rings. The maximum atomic E-state index is 12.2. The molecule has 0 saturated carbocycles. The van der Waals surface area contributed by atoms with Crippen LogP contribution in [0.3, 0.4) is 0 Å². The fraction of sp³-hybridized carbons (Fsp3) is 0.333. The first-order chi connectivity index (χ1) is 9.90. The Morgan fingerprint density at radius 1 is 1.43 bits per heavy atom. The molecule has 0 bridgehead atoms. The summed E-state index contributed by atoms with van der Waals surface area (Å²) in [5.74, 6) is 5.53. The van der Waals surface area contributed by atoms with E-state index in [1.54, 1.807) is 6.07 Å². The highest BCUT2D eigenvalue weighted by Crippen LogP contribution is 2.27. The number of carbonyl (C=O) groups excluding carboxylic acids is 1. The van der Waals surface area contributed by atoms with Gasteiger partial charge in [-0.15, -0.1) is 22.7 Å². The van der Waals surface area contributed by atoms with E-state index in [-0.39, 0.29) is 11.3 Å². The van der Waals surface area contributed by atoms with Crippen molar-refractivity contribution in [2.45, 2.75) is 26.2 Å². The van der Waals surface area contributed by atoms with Gasteiger partial charge in [-0.05, 0) is 12.1 Å². The summed E-state index contributed by atoms with van der Waals surface area (Å²) in [6.07, 6.45) is 0. The Kier molecular flexibility index (Phi) is 4.78. The van der Waals surface area contributed by atoms with Crippen molar-refractivity contribution in [3.8, 4) is 11.8 Å². The molecule has 0 aliphatic carbocycles. The molecular formula is C15H17N3OS2. The van der Waals surface area contributed by atoms with E-state index < -0.39 is 0 Å². The van der Waals surface area contributed by atoms with Crippen LogP contribution in [-0.4, -0.2) is 17.4 Å². The van der Waals surface area contributed by atoms with Crippen molar-refractivity contribution >= 4 is 33.7 Å². The third kappa shape index (κ3) is 4.14. The van der Waals surface area contributed by atoms with Crippen molar-refractivity contribution in [1.82, 2.24) is 4.98 Å². The fourth-order valence-electron chi connectivity index (χ4n) is 1.50. The molecule has 1 amide bonds. The smallest absolute Gasteiger partial charge is 0.267 e. The predicted octanol–water partition coefficient (Wildman–Crippen LogP) is 3.06. The lowest BCUT2D eigenvalue weighted by Gasteiger charge is -2.14. The number of nitrogens with one attached hydrogen (secondary N) is 1. The zero-order valence-corrected chi connectivity index (χ0v) is 13.8. The molecule has 4 nitrogen and oxygen atoms in total. The van der Waals surface area contributed by atoms with Gasteiger partial charge < -0.3 is 5.73 Å². The maximum Gasteiger partial charge on any atom is 0.267 e. The third-order valence-corrected chi connectivity index (χ3v) is 4.39. The third-order valence-electron chi connectivity index (χ3n) is 2.64. The van der Waals surface area contributed by atoms with Crippen LogP contribution in [0.2, 0.25) is 0 Å². The number of thiazole rings is 1. The Labute approximate surface area is 132 Å². The SMILES string of the molecule is CC(C)(C)c1csc(NC(=O)c2ccc(C#CCN)s2)n1. The highest BCUT2D eigenvalue weighted by atomic mass is 32.1. The number of rotatable bonds is 2. The van der Waals surface area contributed by atoms with Crippen molar-refractivity contribution in [1.29, 1.82) is 0 Å². The molecule has 0 aliphatic rings. The number of hydrogen-bond acceptors (Lipinski definition) is 5. The normalized spacial score (nSPS) is 10.9. The van der Waals surface area contributed by atoms with Gasteiger partial charge in [0.15, 0.2) is 5.13 Å². The van der Waals surface area contributed by atoms with E-state index in [9.17, 15) is 4.79 Å². The average molecular weight is 319 g/mol. The first kappa shape index (κ1) is 15.7. The zero-order valence-electron chi connectivity index (χ0n) is 12.2. The molecule has 2 aromatic rings. The molecule has 0 unspecified atom stereocenters. The van der Waals surface area contributed by atoms with Crippen LogP contribution in [0.4, 0.5) is 5.13 Å². The summed E-state index contributed by atoms with van der Waals surface area (Å²) in [5.41, 5.74) is 6.28. The molecule has 110 valence electrons. The minimum absolute atomic E-state index is 0.0204. The summed E-state index contributed by atoms with van der Waals surface area (Å²) < 4.78 is 0. The average Bonchev–Trinajstić information content (AvgIpc) is 3.04. The zero-order chi connectivity index (χ0) is 15.5. The molecule has 2 rings (SSSR count). The lowest BCUT2D eigenvalue weighted by Crippen LogP contribution is -2.13. The van der Waals surface area contributed by atoms with E-state index in [0.29, 0.717) is 16.6 Å². The minimum atomic E-state index is -0.157. The number of anilines is 1. The van der Waals surface area contributed by atoms with Crippen LogP contribution in [0.15, 0.2) is 17.5 Å². The van der Waals surface area contributed by atoms with Crippen molar-refractivity contribution in [2.75, 3.05) is 11.9 Å². The summed E-state index contributed by atoms with van der Waals surface area (Å²) in [6, 6.07) is 3.59. The summed E-state index contributed by atoms with van der Waals surface area (Å²) in [6.45, 7) is 6.59. The number of hydrogen-bond donors (Lipinski definition) is 2. The summed E-state index contributed by atoms with van der Waals surface area (Å²) in [7, 11) is 0. The molecule has 0 radical (unpaired) electrons. The molecule has 0 atom stereocenters. The van der Waals surface area contributed by atoms with E-state index >= 15 is 0 Å². The number of amides is 1. The molecule has 0 aliphatic heterocycles. The number of nitrogens with zero attached hydrogens (tertiary/aromatic N) is 1.